The highest BCUT2D eigenvalue weighted by Crippen LogP contribution is 2.23. The fraction of sp³-hybridized carbons (Fsp3) is 0.471. The maximum absolute atomic E-state index is 12.5. The Bertz CT molecular complexity index is 569. The van der Waals surface area contributed by atoms with Gasteiger partial charge in [-0.3, -0.25) is 14.4 Å². The molecule has 1 aliphatic heterocycles. The van der Waals surface area contributed by atoms with Gasteiger partial charge in [0.05, 0.1) is 6.04 Å². The van der Waals surface area contributed by atoms with Crippen molar-refractivity contribution in [1.29, 1.82) is 0 Å². The smallest absolute Gasteiger partial charge is 0.243 e. The van der Waals surface area contributed by atoms with Gasteiger partial charge in [-0.2, -0.15) is 0 Å². The molecule has 5 heteroatoms. The Balaban J connectivity index is 2.10. The molecule has 5 nitrogen and oxygen atoms in total. The third kappa shape index (κ3) is 3.35. The molecule has 1 aromatic rings. The van der Waals surface area contributed by atoms with E-state index in [0.29, 0.717) is 13.1 Å². The Morgan fingerprint density at radius 2 is 1.86 bits per heavy atom. The van der Waals surface area contributed by atoms with Crippen LogP contribution in [-0.2, 0) is 20.9 Å². The van der Waals surface area contributed by atoms with Crippen molar-refractivity contribution >= 4 is 17.6 Å². The van der Waals surface area contributed by atoms with Gasteiger partial charge < -0.3 is 10.2 Å². The minimum atomic E-state index is -1.20. The number of rotatable bonds is 5. The highest BCUT2D eigenvalue weighted by atomic mass is 16.2. The Labute approximate surface area is 130 Å². The minimum absolute atomic E-state index is 0.272. The van der Waals surface area contributed by atoms with Crippen LogP contribution < -0.4 is 5.32 Å². The Hall–Kier alpha value is -2.17. The summed E-state index contributed by atoms with van der Waals surface area (Å²) in [5.74, 6) is -2.12. The van der Waals surface area contributed by atoms with Crippen molar-refractivity contribution in [2.75, 3.05) is 6.54 Å². The number of Topliss-reactive ketones (excluding diaryl/α,β-unsaturated/α-hetero) is 1. The lowest BCUT2D eigenvalue weighted by molar-refractivity contribution is -0.140. The molecular formula is C17H22N2O3. The molecule has 0 aliphatic carbocycles. The lowest BCUT2D eigenvalue weighted by Gasteiger charge is -2.20. The number of ketones is 1. The van der Waals surface area contributed by atoms with Crippen molar-refractivity contribution in [1.82, 2.24) is 10.2 Å². The Morgan fingerprint density at radius 1 is 1.23 bits per heavy atom. The molecule has 0 bridgehead atoms. The predicted octanol–water partition coefficient (Wildman–Crippen LogP) is 1.37. The molecule has 0 radical (unpaired) electrons. The molecular weight excluding hydrogens is 280 g/mol. The summed E-state index contributed by atoms with van der Waals surface area (Å²) < 4.78 is 0. The van der Waals surface area contributed by atoms with E-state index in [0.717, 1.165) is 5.56 Å². The largest absolute Gasteiger partial charge is 0.355 e. The van der Waals surface area contributed by atoms with Gasteiger partial charge in [0.15, 0.2) is 11.7 Å². The Morgan fingerprint density at radius 3 is 2.45 bits per heavy atom. The van der Waals surface area contributed by atoms with Crippen LogP contribution in [0.4, 0.5) is 0 Å². The van der Waals surface area contributed by atoms with Gasteiger partial charge in [-0.15, -0.1) is 0 Å². The molecule has 0 saturated carbocycles. The van der Waals surface area contributed by atoms with Crippen LogP contribution in [0.1, 0.15) is 26.3 Å². The number of carbonyl (C=O) groups is 3. The SMILES string of the molecule is CC(C)CNC(=O)C1C(=O)C(C)N(Cc2ccccc2)C1=O. The molecule has 1 fully saturated rings. The first kappa shape index (κ1) is 16.2. The number of nitrogens with zero attached hydrogens (tertiary/aromatic N) is 1. The molecule has 1 aliphatic rings. The highest BCUT2D eigenvalue weighted by Gasteiger charge is 2.48. The molecule has 2 atom stereocenters. The molecule has 1 saturated heterocycles. The van der Waals surface area contributed by atoms with Gasteiger partial charge in [-0.1, -0.05) is 44.2 Å². The van der Waals surface area contributed by atoms with E-state index in [4.69, 9.17) is 0 Å². The van der Waals surface area contributed by atoms with Crippen molar-refractivity contribution < 1.29 is 14.4 Å². The standard InChI is InChI=1S/C17H22N2O3/c1-11(2)9-18-16(21)14-15(20)12(3)19(17(14)22)10-13-7-5-4-6-8-13/h4-8,11-12,14H,9-10H2,1-3H3,(H,18,21). The zero-order valence-electron chi connectivity index (χ0n) is 13.2. The molecule has 2 rings (SSSR count). The van der Waals surface area contributed by atoms with E-state index >= 15 is 0 Å². The average molecular weight is 302 g/mol. The first-order chi connectivity index (χ1) is 10.4. The predicted molar refractivity (Wildman–Crippen MR) is 82.8 cm³/mol. The van der Waals surface area contributed by atoms with Crippen molar-refractivity contribution in [2.24, 2.45) is 11.8 Å². The summed E-state index contributed by atoms with van der Waals surface area (Å²) in [5.41, 5.74) is 0.943. The van der Waals surface area contributed by atoms with E-state index in [1.807, 2.05) is 44.2 Å². The van der Waals surface area contributed by atoms with Crippen LogP contribution in [-0.4, -0.2) is 35.1 Å². The molecule has 2 unspecified atom stereocenters. The number of hydrogen-bond donors (Lipinski definition) is 1. The van der Waals surface area contributed by atoms with E-state index in [9.17, 15) is 14.4 Å². The van der Waals surface area contributed by atoms with E-state index in [2.05, 4.69) is 5.32 Å². The number of amides is 2. The zero-order valence-corrected chi connectivity index (χ0v) is 13.2. The Kier molecular flexibility index (Phi) is 4.96. The summed E-state index contributed by atoms with van der Waals surface area (Å²) in [7, 11) is 0. The zero-order chi connectivity index (χ0) is 16.3. The monoisotopic (exact) mass is 302 g/mol. The first-order valence-electron chi connectivity index (χ1n) is 7.57. The second kappa shape index (κ2) is 6.73. The third-order valence-electron chi connectivity index (χ3n) is 3.84. The van der Waals surface area contributed by atoms with Crippen LogP contribution in [0.25, 0.3) is 0 Å². The summed E-state index contributed by atoms with van der Waals surface area (Å²) in [4.78, 5) is 38.4. The first-order valence-corrected chi connectivity index (χ1v) is 7.57. The maximum Gasteiger partial charge on any atom is 0.243 e. The highest BCUT2D eigenvalue weighted by molar-refractivity contribution is 6.23. The van der Waals surface area contributed by atoms with Gasteiger partial charge in [-0.25, -0.2) is 0 Å². The van der Waals surface area contributed by atoms with Crippen molar-refractivity contribution in [3.63, 3.8) is 0 Å². The van der Waals surface area contributed by atoms with Crippen LogP contribution in [0.3, 0.4) is 0 Å². The molecule has 0 aromatic heterocycles. The number of nitrogens with one attached hydrogen (secondary N) is 1. The molecule has 1 heterocycles. The van der Waals surface area contributed by atoms with Gasteiger partial charge >= 0.3 is 0 Å². The summed E-state index contributed by atoms with van der Waals surface area (Å²) in [5, 5.41) is 2.68. The normalized spacial score (nSPS) is 21.5. The molecule has 2 amide bonds. The number of likely N-dealkylation sites (tertiary alicyclic amines) is 1. The van der Waals surface area contributed by atoms with Crippen molar-refractivity contribution in [3.8, 4) is 0 Å². The number of carbonyl (C=O) groups excluding carboxylic acids is 3. The van der Waals surface area contributed by atoms with Gasteiger partial charge in [0, 0.05) is 13.1 Å². The van der Waals surface area contributed by atoms with Gasteiger partial charge in [0.2, 0.25) is 11.8 Å². The molecule has 1 aromatic carbocycles. The van der Waals surface area contributed by atoms with Crippen LogP contribution >= 0.6 is 0 Å². The van der Waals surface area contributed by atoms with Crippen LogP contribution in [0.15, 0.2) is 30.3 Å². The summed E-state index contributed by atoms with van der Waals surface area (Å²) in [6.07, 6.45) is 0. The molecule has 1 N–H and O–H groups in total. The van der Waals surface area contributed by atoms with E-state index in [1.165, 1.54) is 4.90 Å². The fourth-order valence-corrected chi connectivity index (χ4v) is 2.52. The fourth-order valence-electron chi connectivity index (χ4n) is 2.52. The quantitative estimate of drug-likeness (QED) is 0.836. The van der Waals surface area contributed by atoms with E-state index in [-0.39, 0.29) is 11.7 Å². The lowest BCUT2D eigenvalue weighted by atomic mass is 10.0. The summed E-state index contributed by atoms with van der Waals surface area (Å²) in [6, 6.07) is 8.89. The number of hydrogen-bond acceptors (Lipinski definition) is 3. The third-order valence-corrected chi connectivity index (χ3v) is 3.84. The van der Waals surface area contributed by atoms with Gasteiger partial charge in [-0.05, 0) is 18.4 Å². The van der Waals surface area contributed by atoms with Gasteiger partial charge in [0.1, 0.15) is 0 Å². The lowest BCUT2D eigenvalue weighted by Crippen LogP contribution is -2.39. The molecule has 118 valence electrons. The maximum atomic E-state index is 12.5. The molecule has 0 spiro atoms. The van der Waals surface area contributed by atoms with Crippen LogP contribution in [0.5, 0.6) is 0 Å². The summed E-state index contributed by atoms with van der Waals surface area (Å²) >= 11 is 0. The second-order valence-electron chi connectivity index (χ2n) is 6.10. The number of benzene rings is 1. The van der Waals surface area contributed by atoms with Crippen molar-refractivity contribution in [3.05, 3.63) is 35.9 Å². The van der Waals surface area contributed by atoms with E-state index in [1.54, 1.807) is 6.92 Å². The van der Waals surface area contributed by atoms with Crippen LogP contribution in [0.2, 0.25) is 0 Å². The van der Waals surface area contributed by atoms with E-state index < -0.39 is 23.8 Å². The van der Waals surface area contributed by atoms with Crippen LogP contribution in [0, 0.1) is 11.8 Å². The van der Waals surface area contributed by atoms with Gasteiger partial charge in [0.25, 0.3) is 0 Å². The molecule has 22 heavy (non-hydrogen) atoms. The summed E-state index contributed by atoms with van der Waals surface area (Å²) in [6.45, 7) is 6.41. The second-order valence-corrected chi connectivity index (χ2v) is 6.10. The minimum Gasteiger partial charge on any atom is -0.355 e. The topological polar surface area (TPSA) is 66.5 Å². The average Bonchev–Trinajstić information content (AvgIpc) is 2.70. The van der Waals surface area contributed by atoms with Crippen molar-refractivity contribution in [2.45, 2.75) is 33.4 Å².